The van der Waals surface area contributed by atoms with E-state index in [1.165, 1.54) is 4.73 Å². The molecule has 6 nitrogen and oxygen atoms in total. The predicted molar refractivity (Wildman–Crippen MR) is 71.1 cm³/mol. The molecule has 1 aliphatic rings. The first kappa shape index (κ1) is 12.4. The van der Waals surface area contributed by atoms with Crippen molar-refractivity contribution in [1.29, 1.82) is 0 Å². The number of nitrogens with two attached hydrogens (primary N) is 1. The summed E-state index contributed by atoms with van der Waals surface area (Å²) >= 11 is 0. The van der Waals surface area contributed by atoms with Gasteiger partial charge in [0.1, 0.15) is 0 Å². The van der Waals surface area contributed by atoms with Gasteiger partial charge in [0.2, 0.25) is 5.88 Å². The highest BCUT2D eigenvalue weighted by Crippen LogP contribution is 2.32. The molecule has 102 valence electrons. The topological polar surface area (TPSA) is 83.5 Å². The second kappa shape index (κ2) is 4.82. The first-order chi connectivity index (χ1) is 9.70. The fourth-order valence-electron chi connectivity index (χ4n) is 2.22. The highest BCUT2D eigenvalue weighted by molar-refractivity contribution is 5.96. The maximum atomic E-state index is 11.6. The Kier molecular flexibility index (Phi) is 3.00. The van der Waals surface area contributed by atoms with Gasteiger partial charge < -0.3 is 15.3 Å². The zero-order chi connectivity index (χ0) is 14.1. The first-order valence-electron chi connectivity index (χ1n) is 6.15. The van der Waals surface area contributed by atoms with Gasteiger partial charge in [0.25, 0.3) is 0 Å². The summed E-state index contributed by atoms with van der Waals surface area (Å²) < 4.78 is 6.50. The zero-order valence-electron chi connectivity index (χ0n) is 10.5. The van der Waals surface area contributed by atoms with Crippen molar-refractivity contribution in [1.82, 2.24) is 4.73 Å². The fourth-order valence-corrected chi connectivity index (χ4v) is 2.22. The van der Waals surface area contributed by atoms with E-state index in [0.717, 1.165) is 23.1 Å². The van der Waals surface area contributed by atoms with Crippen LogP contribution in [-0.4, -0.2) is 23.2 Å². The fraction of sp³-hybridized carbons (Fsp3) is 0.143. The summed E-state index contributed by atoms with van der Waals surface area (Å²) in [4.78, 5) is 28.4. The molecule has 0 saturated carbocycles. The molecule has 1 aliphatic heterocycles. The molecule has 0 bridgehead atoms. The molecule has 2 heterocycles. The van der Waals surface area contributed by atoms with E-state index in [1.807, 2.05) is 18.2 Å². The number of hydrogen-bond donors (Lipinski definition) is 1. The van der Waals surface area contributed by atoms with E-state index in [9.17, 15) is 9.59 Å². The van der Waals surface area contributed by atoms with E-state index in [0.29, 0.717) is 18.5 Å². The van der Waals surface area contributed by atoms with Gasteiger partial charge in [0.15, 0.2) is 0 Å². The second-order valence-corrected chi connectivity index (χ2v) is 4.30. The van der Waals surface area contributed by atoms with Gasteiger partial charge in [-0.3, -0.25) is 0 Å². The van der Waals surface area contributed by atoms with Crippen molar-refractivity contribution in [3.63, 3.8) is 0 Å². The predicted octanol–water partition coefficient (Wildman–Crippen LogP) is 0.573. The smallest absolute Gasteiger partial charge is 0.356 e. The van der Waals surface area contributed by atoms with E-state index in [-0.39, 0.29) is 5.88 Å². The molecular weight excluding hydrogens is 260 g/mol. The van der Waals surface area contributed by atoms with Crippen LogP contribution < -0.4 is 15.3 Å². The van der Waals surface area contributed by atoms with Crippen LogP contribution in [0.2, 0.25) is 0 Å². The molecule has 20 heavy (non-hydrogen) atoms. The Balaban J connectivity index is 2.28. The monoisotopic (exact) mass is 272 g/mol. The molecule has 3 rings (SSSR count). The van der Waals surface area contributed by atoms with Crippen molar-refractivity contribution in [3.05, 3.63) is 42.0 Å². The number of hydrogen-bond acceptors (Lipinski definition) is 5. The Morgan fingerprint density at radius 2 is 1.85 bits per heavy atom. The number of rotatable bonds is 2. The van der Waals surface area contributed by atoms with Gasteiger partial charge in [-0.15, -0.1) is 4.73 Å². The maximum Gasteiger partial charge on any atom is 0.356 e. The van der Waals surface area contributed by atoms with E-state index >= 15 is 0 Å². The van der Waals surface area contributed by atoms with E-state index in [4.69, 9.17) is 15.3 Å². The summed E-state index contributed by atoms with van der Waals surface area (Å²) in [7, 11) is 0. The van der Waals surface area contributed by atoms with Crippen LogP contribution in [0.15, 0.2) is 36.4 Å². The molecule has 0 fully saturated rings. The lowest BCUT2D eigenvalue weighted by molar-refractivity contribution is -0.142. The third kappa shape index (κ3) is 1.96. The number of nitrogens with zero attached hydrogens (tertiary/aromatic N) is 1. The van der Waals surface area contributed by atoms with E-state index in [1.54, 1.807) is 6.07 Å². The van der Waals surface area contributed by atoms with Gasteiger partial charge >= 0.3 is 11.9 Å². The SMILES string of the molecule is NCCc1c2n(c3ccccc13)OC(=O)/C=C/C(=O)O2. The van der Waals surface area contributed by atoms with Crippen LogP contribution in [0.3, 0.4) is 0 Å². The number of ether oxygens (including phenoxy) is 1. The van der Waals surface area contributed by atoms with Crippen LogP contribution in [0.25, 0.3) is 10.9 Å². The first-order valence-corrected chi connectivity index (χ1v) is 6.15. The minimum absolute atomic E-state index is 0.208. The van der Waals surface area contributed by atoms with Crippen LogP contribution in [0.1, 0.15) is 5.56 Å². The third-order valence-electron chi connectivity index (χ3n) is 3.02. The van der Waals surface area contributed by atoms with Crippen molar-refractivity contribution < 1.29 is 19.2 Å². The van der Waals surface area contributed by atoms with Gasteiger partial charge in [-0.1, -0.05) is 18.2 Å². The van der Waals surface area contributed by atoms with Crippen LogP contribution >= 0.6 is 0 Å². The summed E-state index contributed by atoms with van der Waals surface area (Å²) in [6.45, 7) is 0.391. The van der Waals surface area contributed by atoms with Gasteiger partial charge in [-0.05, 0) is 19.0 Å². The van der Waals surface area contributed by atoms with Crippen molar-refractivity contribution in [2.45, 2.75) is 6.42 Å². The number of esters is 1. The standard InChI is InChI=1S/C14H12N2O4/c15-8-7-10-9-3-1-2-4-11(9)16-14(10)19-12(17)5-6-13(18)20-16/h1-6H,7-8,15H2/b6-5+. The summed E-state index contributed by atoms with van der Waals surface area (Å²) in [6, 6.07) is 7.32. The largest absolute Gasteiger partial charge is 0.403 e. The van der Waals surface area contributed by atoms with Crippen LogP contribution in [0.4, 0.5) is 0 Å². The van der Waals surface area contributed by atoms with Gasteiger partial charge in [0, 0.05) is 23.1 Å². The lowest BCUT2D eigenvalue weighted by Crippen LogP contribution is -2.23. The Morgan fingerprint density at radius 3 is 2.65 bits per heavy atom. The Morgan fingerprint density at radius 1 is 1.10 bits per heavy atom. The Bertz CT molecular complexity index is 730. The molecule has 0 aliphatic carbocycles. The summed E-state index contributed by atoms with van der Waals surface area (Å²) in [5.41, 5.74) is 7.01. The number of benzene rings is 1. The average Bonchev–Trinajstić information content (AvgIpc) is 2.70. The molecule has 0 radical (unpaired) electrons. The maximum absolute atomic E-state index is 11.6. The molecule has 0 spiro atoms. The number of carbonyl (C=O) groups excluding carboxylic acids is 2. The van der Waals surface area contributed by atoms with Crippen molar-refractivity contribution in [3.8, 4) is 5.88 Å². The molecule has 0 saturated heterocycles. The molecule has 6 heteroatoms. The molecular formula is C14H12N2O4. The molecule has 2 aromatic rings. The molecule has 1 aromatic heterocycles. The third-order valence-corrected chi connectivity index (χ3v) is 3.02. The van der Waals surface area contributed by atoms with Crippen molar-refractivity contribution in [2.24, 2.45) is 5.73 Å². The highest BCUT2D eigenvalue weighted by atomic mass is 16.7. The number of aromatic nitrogens is 1. The summed E-state index contributed by atoms with van der Waals surface area (Å²) in [5.74, 6) is -1.05. The average molecular weight is 272 g/mol. The lowest BCUT2D eigenvalue weighted by Gasteiger charge is -2.11. The van der Waals surface area contributed by atoms with E-state index in [2.05, 4.69) is 0 Å². The zero-order valence-corrected chi connectivity index (χ0v) is 10.5. The summed E-state index contributed by atoms with van der Waals surface area (Å²) in [5, 5.41) is 0.843. The molecule has 0 unspecified atom stereocenters. The Hall–Kier alpha value is -2.60. The van der Waals surface area contributed by atoms with Gasteiger partial charge in [0.05, 0.1) is 5.52 Å². The minimum atomic E-state index is -0.636. The quantitative estimate of drug-likeness (QED) is 0.808. The van der Waals surface area contributed by atoms with Crippen LogP contribution in [-0.2, 0) is 16.0 Å². The molecule has 2 N–H and O–H groups in total. The second-order valence-electron chi connectivity index (χ2n) is 4.30. The highest BCUT2D eigenvalue weighted by Gasteiger charge is 2.23. The number of carbonyl (C=O) groups is 2. The van der Waals surface area contributed by atoms with Gasteiger partial charge in [-0.2, -0.15) is 0 Å². The van der Waals surface area contributed by atoms with Crippen molar-refractivity contribution in [2.75, 3.05) is 6.54 Å². The number of fused-ring (bicyclic) bond motifs is 3. The van der Waals surface area contributed by atoms with Crippen LogP contribution in [0, 0.1) is 0 Å². The molecule has 1 aromatic carbocycles. The Labute approximate surface area is 114 Å². The van der Waals surface area contributed by atoms with Crippen LogP contribution in [0.5, 0.6) is 5.88 Å². The minimum Gasteiger partial charge on any atom is -0.403 e. The lowest BCUT2D eigenvalue weighted by atomic mass is 10.1. The van der Waals surface area contributed by atoms with Crippen molar-refractivity contribution >= 4 is 22.8 Å². The molecule has 0 amide bonds. The summed E-state index contributed by atoms with van der Waals surface area (Å²) in [6.07, 6.45) is 2.58. The number of para-hydroxylation sites is 1. The van der Waals surface area contributed by atoms with E-state index < -0.39 is 11.9 Å². The van der Waals surface area contributed by atoms with Gasteiger partial charge in [-0.25, -0.2) is 9.59 Å². The normalized spacial score (nSPS) is 16.1. The molecule has 0 atom stereocenters.